The molecule has 8 aromatic rings. The Bertz CT molecular complexity index is 2620. The Morgan fingerprint density at radius 1 is 0.440 bits per heavy atom. The number of rotatable bonds is 4. The zero-order chi connectivity index (χ0) is 33.8. The lowest BCUT2D eigenvalue weighted by Gasteiger charge is -2.34. The van der Waals surface area contributed by atoms with Gasteiger partial charge in [-0.15, -0.1) is 0 Å². The van der Waals surface area contributed by atoms with Gasteiger partial charge in [0, 0.05) is 38.5 Å². The molecule has 50 heavy (non-hydrogen) atoms. The molecular formula is C48H38N2. The van der Waals surface area contributed by atoms with Crippen LogP contribution in [-0.2, 0) is 10.8 Å². The Balaban J connectivity index is 1.28. The molecule has 0 spiro atoms. The van der Waals surface area contributed by atoms with Gasteiger partial charge in [0.25, 0.3) is 0 Å². The van der Waals surface area contributed by atoms with Crippen molar-refractivity contribution in [3.8, 4) is 27.9 Å². The molecule has 0 saturated carbocycles. The lowest BCUT2D eigenvalue weighted by atomic mass is 9.81. The van der Waals surface area contributed by atoms with Crippen molar-refractivity contribution in [1.29, 1.82) is 0 Å². The van der Waals surface area contributed by atoms with Gasteiger partial charge in [0.2, 0.25) is 0 Å². The minimum atomic E-state index is -0.180. The molecule has 0 amide bonds. The first-order valence-electron chi connectivity index (χ1n) is 17.7. The number of nitrogens with zero attached hydrogens (tertiary/aromatic N) is 2. The number of hydrogen-bond donors (Lipinski definition) is 0. The Morgan fingerprint density at radius 3 is 1.72 bits per heavy atom. The molecule has 0 aliphatic heterocycles. The van der Waals surface area contributed by atoms with E-state index in [1.165, 1.54) is 77.7 Å². The molecule has 2 heteroatoms. The molecule has 2 aliphatic rings. The quantitative estimate of drug-likeness (QED) is 0.185. The van der Waals surface area contributed by atoms with Crippen LogP contribution in [-0.4, -0.2) is 4.57 Å². The van der Waals surface area contributed by atoms with Crippen LogP contribution in [0.15, 0.2) is 158 Å². The molecule has 0 N–H and O–H groups in total. The standard InChI is InChI=1S/C48H38N2/c1-47(2)39-24-10-6-21-37(39)45-40(47)25-15-28-43(45)50(44-29-14-22-36-33-18-5-9-23-38(33)48(3,4)46(36)44)32-17-13-16-31(30-32)49-41-26-11-7-19-34(41)35-20-8-12-27-42(35)49/h5-30H,1-4H3. The molecule has 0 saturated heterocycles. The van der Waals surface area contributed by atoms with Gasteiger partial charge in [-0.2, -0.15) is 0 Å². The normalized spacial score (nSPS) is 14.7. The van der Waals surface area contributed by atoms with E-state index in [9.17, 15) is 0 Å². The van der Waals surface area contributed by atoms with E-state index in [4.69, 9.17) is 0 Å². The van der Waals surface area contributed by atoms with Crippen LogP contribution in [0.5, 0.6) is 0 Å². The van der Waals surface area contributed by atoms with E-state index in [2.05, 4.69) is 195 Å². The molecule has 2 aliphatic carbocycles. The summed E-state index contributed by atoms with van der Waals surface area (Å²) in [6, 6.07) is 58.5. The topological polar surface area (TPSA) is 8.17 Å². The summed E-state index contributed by atoms with van der Waals surface area (Å²) in [6.07, 6.45) is 0. The highest BCUT2D eigenvalue weighted by atomic mass is 15.2. The SMILES string of the molecule is CC1(C)c2ccccc2-c2c(N(c3cccc(-n4c5ccccc5c5ccccc54)c3)c3cccc4c3C(C)(C)c3ccccc3-4)cccc21. The predicted molar refractivity (Wildman–Crippen MR) is 211 cm³/mol. The molecule has 10 rings (SSSR count). The van der Waals surface area contributed by atoms with Gasteiger partial charge in [-0.3, -0.25) is 0 Å². The zero-order valence-corrected chi connectivity index (χ0v) is 28.9. The largest absolute Gasteiger partial charge is 0.309 e. The van der Waals surface area contributed by atoms with Gasteiger partial charge in [0.15, 0.2) is 0 Å². The van der Waals surface area contributed by atoms with Crippen molar-refractivity contribution in [3.05, 3.63) is 180 Å². The number of aromatic nitrogens is 1. The highest BCUT2D eigenvalue weighted by Gasteiger charge is 2.41. The Hall–Kier alpha value is -5.86. The molecule has 0 radical (unpaired) electrons. The van der Waals surface area contributed by atoms with E-state index in [-0.39, 0.29) is 10.8 Å². The second-order valence-corrected chi connectivity index (χ2v) is 15.0. The van der Waals surface area contributed by atoms with E-state index in [1.54, 1.807) is 0 Å². The summed E-state index contributed by atoms with van der Waals surface area (Å²) < 4.78 is 2.43. The predicted octanol–water partition coefficient (Wildman–Crippen LogP) is 12.9. The fraction of sp³-hybridized carbons (Fsp3) is 0.125. The molecule has 0 unspecified atom stereocenters. The number of anilines is 3. The van der Waals surface area contributed by atoms with Crippen molar-refractivity contribution in [2.24, 2.45) is 0 Å². The third-order valence-electron chi connectivity index (χ3n) is 11.6. The molecule has 0 fully saturated rings. The number of hydrogen-bond acceptors (Lipinski definition) is 1. The van der Waals surface area contributed by atoms with Crippen molar-refractivity contribution in [3.63, 3.8) is 0 Å². The van der Waals surface area contributed by atoms with E-state index >= 15 is 0 Å². The molecule has 240 valence electrons. The monoisotopic (exact) mass is 642 g/mol. The molecule has 1 aromatic heterocycles. The summed E-state index contributed by atoms with van der Waals surface area (Å²) in [5.74, 6) is 0. The third-order valence-corrected chi connectivity index (χ3v) is 11.6. The first kappa shape index (κ1) is 29.1. The van der Waals surface area contributed by atoms with E-state index in [0.29, 0.717) is 0 Å². The maximum absolute atomic E-state index is 2.56. The minimum absolute atomic E-state index is 0.105. The van der Waals surface area contributed by atoms with Gasteiger partial charge in [-0.25, -0.2) is 0 Å². The van der Waals surface area contributed by atoms with Crippen molar-refractivity contribution in [1.82, 2.24) is 4.57 Å². The van der Waals surface area contributed by atoms with Crippen LogP contribution < -0.4 is 4.90 Å². The van der Waals surface area contributed by atoms with Gasteiger partial charge >= 0.3 is 0 Å². The summed E-state index contributed by atoms with van der Waals surface area (Å²) in [6.45, 7) is 9.52. The summed E-state index contributed by atoms with van der Waals surface area (Å²) in [5, 5.41) is 2.54. The van der Waals surface area contributed by atoms with Gasteiger partial charge < -0.3 is 9.47 Å². The van der Waals surface area contributed by atoms with E-state index in [1.807, 2.05) is 0 Å². The van der Waals surface area contributed by atoms with Crippen LogP contribution in [0.2, 0.25) is 0 Å². The molecule has 0 atom stereocenters. The van der Waals surface area contributed by atoms with Crippen molar-refractivity contribution >= 4 is 38.9 Å². The van der Waals surface area contributed by atoms with Gasteiger partial charge in [-0.05, 0) is 81.4 Å². The molecule has 7 aromatic carbocycles. The third kappa shape index (κ3) is 3.85. The van der Waals surface area contributed by atoms with Crippen molar-refractivity contribution in [2.75, 3.05) is 4.90 Å². The molecule has 0 bridgehead atoms. The highest BCUT2D eigenvalue weighted by Crippen LogP contribution is 2.58. The molecular weight excluding hydrogens is 605 g/mol. The molecule has 1 heterocycles. The molecule has 2 nitrogen and oxygen atoms in total. The average molecular weight is 643 g/mol. The second kappa shape index (κ2) is 10.3. The van der Waals surface area contributed by atoms with Crippen LogP contribution >= 0.6 is 0 Å². The average Bonchev–Trinajstić information content (AvgIpc) is 3.70. The van der Waals surface area contributed by atoms with Gasteiger partial charge in [0.1, 0.15) is 0 Å². The van der Waals surface area contributed by atoms with Crippen LogP contribution in [0.3, 0.4) is 0 Å². The first-order chi connectivity index (χ1) is 24.4. The minimum Gasteiger partial charge on any atom is -0.309 e. The fourth-order valence-electron chi connectivity index (χ4n) is 9.31. The summed E-state index contributed by atoms with van der Waals surface area (Å²) in [5.41, 5.74) is 17.7. The smallest absolute Gasteiger partial charge is 0.0543 e. The highest BCUT2D eigenvalue weighted by molar-refractivity contribution is 6.09. The Labute approximate surface area is 293 Å². The fourth-order valence-corrected chi connectivity index (χ4v) is 9.31. The van der Waals surface area contributed by atoms with Gasteiger partial charge in [-0.1, -0.05) is 143 Å². The van der Waals surface area contributed by atoms with E-state index in [0.717, 1.165) is 11.4 Å². The number of benzene rings is 7. The van der Waals surface area contributed by atoms with Crippen molar-refractivity contribution in [2.45, 2.75) is 38.5 Å². The maximum atomic E-state index is 2.56. The number of fused-ring (bicyclic) bond motifs is 9. The Kier molecular flexibility index (Phi) is 6.01. The Morgan fingerprint density at radius 2 is 0.980 bits per heavy atom. The number of para-hydroxylation sites is 2. The first-order valence-corrected chi connectivity index (χ1v) is 17.7. The van der Waals surface area contributed by atoms with Crippen LogP contribution in [0.1, 0.15) is 49.9 Å². The van der Waals surface area contributed by atoms with Crippen LogP contribution in [0.4, 0.5) is 17.1 Å². The summed E-state index contributed by atoms with van der Waals surface area (Å²) in [4.78, 5) is 2.56. The van der Waals surface area contributed by atoms with Crippen LogP contribution in [0, 0.1) is 0 Å². The zero-order valence-electron chi connectivity index (χ0n) is 28.9. The lowest BCUT2D eigenvalue weighted by molar-refractivity contribution is 0.659. The van der Waals surface area contributed by atoms with Gasteiger partial charge in [0.05, 0.1) is 22.4 Å². The van der Waals surface area contributed by atoms with Crippen molar-refractivity contribution < 1.29 is 0 Å². The van der Waals surface area contributed by atoms with E-state index < -0.39 is 0 Å². The summed E-state index contributed by atoms with van der Waals surface area (Å²) in [7, 11) is 0. The maximum Gasteiger partial charge on any atom is 0.0543 e. The lowest BCUT2D eigenvalue weighted by Crippen LogP contribution is -2.21. The van der Waals surface area contributed by atoms with Crippen LogP contribution in [0.25, 0.3) is 49.7 Å². The summed E-state index contributed by atoms with van der Waals surface area (Å²) >= 11 is 0. The second-order valence-electron chi connectivity index (χ2n) is 15.0.